The monoisotopic (exact) mass is 256 g/mol. The maximum atomic E-state index is 11.7. The van der Waals surface area contributed by atoms with Crippen LogP contribution in [0, 0.1) is 5.92 Å². The average molecular weight is 257 g/mol. The van der Waals surface area contributed by atoms with E-state index in [4.69, 9.17) is 4.74 Å². The van der Waals surface area contributed by atoms with E-state index < -0.39 is 0 Å². The molecule has 0 saturated heterocycles. The van der Waals surface area contributed by atoms with Gasteiger partial charge in [-0.15, -0.1) is 0 Å². The number of rotatable bonds is 3. The van der Waals surface area contributed by atoms with Crippen molar-refractivity contribution in [3.05, 3.63) is 28.2 Å². The van der Waals surface area contributed by atoms with E-state index in [1.807, 2.05) is 13.8 Å². The maximum Gasteiger partial charge on any atom is 0.166 e. The summed E-state index contributed by atoms with van der Waals surface area (Å²) in [4.78, 5) is 11.7. The maximum absolute atomic E-state index is 11.7. The van der Waals surface area contributed by atoms with Crippen LogP contribution < -0.4 is 4.74 Å². The van der Waals surface area contributed by atoms with Crippen molar-refractivity contribution in [1.29, 1.82) is 0 Å². The van der Waals surface area contributed by atoms with Gasteiger partial charge in [0, 0.05) is 16.0 Å². The summed E-state index contributed by atoms with van der Waals surface area (Å²) in [5, 5.41) is 0. The van der Waals surface area contributed by atoms with Crippen LogP contribution in [0.4, 0.5) is 0 Å². The number of ether oxygens (including phenoxy) is 1. The van der Waals surface area contributed by atoms with E-state index in [1.54, 1.807) is 25.3 Å². The minimum atomic E-state index is 0.0136. The first-order valence-electron chi connectivity index (χ1n) is 4.44. The lowest BCUT2D eigenvalue weighted by Crippen LogP contribution is -2.08. The van der Waals surface area contributed by atoms with E-state index in [-0.39, 0.29) is 11.7 Å². The van der Waals surface area contributed by atoms with Gasteiger partial charge >= 0.3 is 0 Å². The van der Waals surface area contributed by atoms with Gasteiger partial charge in [-0.3, -0.25) is 4.79 Å². The molecule has 1 aromatic rings. The molecule has 0 spiro atoms. The molecule has 1 rings (SSSR count). The lowest BCUT2D eigenvalue weighted by molar-refractivity contribution is 0.0938. The highest BCUT2D eigenvalue weighted by Gasteiger charge is 2.13. The molecule has 0 atom stereocenters. The second kappa shape index (κ2) is 4.60. The number of carbonyl (C=O) groups is 1. The van der Waals surface area contributed by atoms with Gasteiger partial charge in [-0.25, -0.2) is 0 Å². The summed E-state index contributed by atoms with van der Waals surface area (Å²) in [6.45, 7) is 3.78. The predicted octanol–water partition coefficient (Wildman–Crippen LogP) is 3.30. The van der Waals surface area contributed by atoms with Crippen LogP contribution in [0.15, 0.2) is 22.7 Å². The van der Waals surface area contributed by atoms with Crippen LogP contribution in [0.3, 0.4) is 0 Å². The number of halogens is 1. The highest BCUT2D eigenvalue weighted by molar-refractivity contribution is 9.10. The minimum absolute atomic E-state index is 0.0136. The summed E-state index contributed by atoms with van der Waals surface area (Å²) in [5.74, 6) is 0.899. The van der Waals surface area contributed by atoms with Gasteiger partial charge in [0.05, 0.1) is 7.11 Å². The van der Waals surface area contributed by atoms with E-state index in [2.05, 4.69) is 15.9 Å². The van der Waals surface area contributed by atoms with E-state index in [0.29, 0.717) is 5.56 Å². The lowest BCUT2D eigenvalue weighted by Gasteiger charge is -2.07. The van der Waals surface area contributed by atoms with E-state index in [9.17, 15) is 4.79 Å². The zero-order valence-electron chi connectivity index (χ0n) is 8.50. The first-order chi connectivity index (χ1) is 6.56. The largest absolute Gasteiger partial charge is 0.497 e. The third-order valence-corrected chi connectivity index (χ3v) is 2.62. The Balaban J connectivity index is 3.06. The van der Waals surface area contributed by atoms with Crippen molar-refractivity contribution in [2.75, 3.05) is 7.11 Å². The van der Waals surface area contributed by atoms with Gasteiger partial charge in [0.1, 0.15) is 5.75 Å². The number of methoxy groups -OCH3 is 1. The fourth-order valence-electron chi connectivity index (χ4n) is 1.13. The van der Waals surface area contributed by atoms with Crippen molar-refractivity contribution in [2.24, 2.45) is 5.92 Å². The van der Waals surface area contributed by atoms with Crippen molar-refractivity contribution in [3.8, 4) is 5.75 Å². The number of benzene rings is 1. The van der Waals surface area contributed by atoms with Crippen LogP contribution in [0.1, 0.15) is 24.2 Å². The summed E-state index contributed by atoms with van der Waals surface area (Å²) in [7, 11) is 1.60. The summed E-state index contributed by atoms with van der Waals surface area (Å²) < 4.78 is 5.84. The molecule has 0 fully saturated rings. The van der Waals surface area contributed by atoms with Crippen LogP contribution >= 0.6 is 15.9 Å². The lowest BCUT2D eigenvalue weighted by atomic mass is 10.0. The van der Waals surface area contributed by atoms with Gasteiger partial charge in [-0.1, -0.05) is 13.8 Å². The first-order valence-corrected chi connectivity index (χ1v) is 5.23. The number of hydrogen-bond donors (Lipinski definition) is 0. The molecular formula is C11H13BrO2. The Hall–Kier alpha value is -0.830. The van der Waals surface area contributed by atoms with E-state index >= 15 is 0 Å². The van der Waals surface area contributed by atoms with Crippen molar-refractivity contribution in [3.63, 3.8) is 0 Å². The Morgan fingerprint density at radius 3 is 2.50 bits per heavy atom. The van der Waals surface area contributed by atoms with Crippen molar-refractivity contribution >= 4 is 21.7 Å². The number of ketones is 1. The van der Waals surface area contributed by atoms with Gasteiger partial charge in [0.25, 0.3) is 0 Å². The zero-order valence-corrected chi connectivity index (χ0v) is 10.1. The predicted molar refractivity (Wildman–Crippen MR) is 59.9 cm³/mol. The molecule has 2 nitrogen and oxygen atoms in total. The molecule has 0 aliphatic heterocycles. The molecule has 14 heavy (non-hydrogen) atoms. The molecule has 0 bridgehead atoms. The van der Waals surface area contributed by atoms with Crippen LogP contribution in [-0.4, -0.2) is 12.9 Å². The SMILES string of the molecule is COc1ccc(C(=O)C(C)C)c(Br)c1. The second-order valence-electron chi connectivity index (χ2n) is 3.36. The molecule has 0 aliphatic carbocycles. The third-order valence-electron chi connectivity index (χ3n) is 1.97. The Morgan fingerprint density at radius 1 is 1.43 bits per heavy atom. The van der Waals surface area contributed by atoms with Gasteiger partial charge in [-0.05, 0) is 34.1 Å². The highest BCUT2D eigenvalue weighted by atomic mass is 79.9. The molecule has 3 heteroatoms. The molecule has 0 N–H and O–H groups in total. The Bertz CT molecular complexity index is 345. The van der Waals surface area contributed by atoms with Crippen LogP contribution in [0.25, 0.3) is 0 Å². The fourth-order valence-corrected chi connectivity index (χ4v) is 1.69. The smallest absolute Gasteiger partial charge is 0.166 e. The summed E-state index contributed by atoms with van der Waals surface area (Å²) in [5.41, 5.74) is 0.709. The molecule has 0 saturated carbocycles. The molecule has 0 unspecified atom stereocenters. The number of Topliss-reactive ketones (excluding diaryl/α,β-unsaturated/α-hetero) is 1. The highest BCUT2D eigenvalue weighted by Crippen LogP contribution is 2.24. The topological polar surface area (TPSA) is 26.3 Å². The second-order valence-corrected chi connectivity index (χ2v) is 4.22. The van der Waals surface area contributed by atoms with Crippen LogP contribution in [-0.2, 0) is 0 Å². The van der Waals surface area contributed by atoms with Crippen molar-refractivity contribution in [2.45, 2.75) is 13.8 Å². The van der Waals surface area contributed by atoms with Gasteiger partial charge < -0.3 is 4.74 Å². The zero-order chi connectivity index (χ0) is 10.7. The standard InChI is InChI=1S/C11H13BrO2/c1-7(2)11(13)9-5-4-8(14-3)6-10(9)12/h4-7H,1-3H3. The Kier molecular flexibility index (Phi) is 3.69. The molecule has 0 aromatic heterocycles. The summed E-state index contributed by atoms with van der Waals surface area (Å²) >= 11 is 3.36. The van der Waals surface area contributed by atoms with Gasteiger partial charge in [0.15, 0.2) is 5.78 Å². The first kappa shape index (κ1) is 11.2. The van der Waals surface area contributed by atoms with Crippen LogP contribution in [0.2, 0.25) is 0 Å². The summed E-state index contributed by atoms with van der Waals surface area (Å²) in [6, 6.07) is 5.38. The molecule has 0 aliphatic rings. The van der Waals surface area contributed by atoms with Gasteiger partial charge in [-0.2, -0.15) is 0 Å². The van der Waals surface area contributed by atoms with Crippen LogP contribution in [0.5, 0.6) is 5.75 Å². The molecule has 0 radical (unpaired) electrons. The summed E-state index contributed by atoms with van der Waals surface area (Å²) in [6.07, 6.45) is 0. The average Bonchev–Trinajstić information content (AvgIpc) is 2.16. The number of carbonyl (C=O) groups excluding carboxylic acids is 1. The fraction of sp³-hybridized carbons (Fsp3) is 0.364. The minimum Gasteiger partial charge on any atom is -0.497 e. The molecule has 76 valence electrons. The molecule has 0 amide bonds. The Labute approximate surface area is 92.4 Å². The van der Waals surface area contributed by atoms with E-state index in [0.717, 1.165) is 10.2 Å². The third kappa shape index (κ3) is 2.35. The van der Waals surface area contributed by atoms with E-state index in [1.165, 1.54) is 0 Å². The van der Waals surface area contributed by atoms with Crippen molar-refractivity contribution < 1.29 is 9.53 Å². The quantitative estimate of drug-likeness (QED) is 0.776. The van der Waals surface area contributed by atoms with Gasteiger partial charge in [0.2, 0.25) is 0 Å². The molecular weight excluding hydrogens is 244 g/mol. The molecule has 1 aromatic carbocycles. The molecule has 0 heterocycles. The van der Waals surface area contributed by atoms with Crippen molar-refractivity contribution in [1.82, 2.24) is 0 Å². The normalized spacial score (nSPS) is 10.4. The Morgan fingerprint density at radius 2 is 2.07 bits per heavy atom. The number of hydrogen-bond acceptors (Lipinski definition) is 2.